The minimum Gasteiger partial charge on any atom is -0.454 e. The van der Waals surface area contributed by atoms with Gasteiger partial charge in [-0.2, -0.15) is 0 Å². The molecule has 9 nitrogen and oxygen atoms in total. The molecule has 2 heterocycles. The number of esters is 1. The van der Waals surface area contributed by atoms with Gasteiger partial charge in [-0.3, -0.25) is 19.2 Å². The van der Waals surface area contributed by atoms with Crippen molar-refractivity contribution in [3.63, 3.8) is 0 Å². The van der Waals surface area contributed by atoms with Crippen molar-refractivity contribution in [3.05, 3.63) is 46.2 Å². The fourth-order valence-electron chi connectivity index (χ4n) is 2.87. The normalized spacial score (nSPS) is 12.7. The van der Waals surface area contributed by atoms with Crippen LogP contribution >= 0.6 is 11.3 Å². The van der Waals surface area contributed by atoms with Crippen molar-refractivity contribution in [2.45, 2.75) is 38.8 Å². The van der Waals surface area contributed by atoms with Crippen molar-refractivity contribution in [2.75, 3.05) is 13.3 Å². The third-order valence-corrected chi connectivity index (χ3v) is 5.52. The van der Waals surface area contributed by atoms with Gasteiger partial charge in [0, 0.05) is 25.9 Å². The molecule has 1 aliphatic rings. The number of thiophene rings is 1. The van der Waals surface area contributed by atoms with Gasteiger partial charge in [0.15, 0.2) is 23.4 Å². The van der Waals surface area contributed by atoms with Crippen LogP contribution in [0.5, 0.6) is 11.5 Å². The Balaban J connectivity index is 1.29. The lowest BCUT2D eigenvalue weighted by molar-refractivity contribution is -0.154. The monoisotopic (exact) mass is 460 g/mol. The summed E-state index contributed by atoms with van der Waals surface area (Å²) in [6.45, 7) is 1.96. The molecule has 2 amide bonds. The second-order valence-corrected chi connectivity index (χ2v) is 7.99. The highest BCUT2D eigenvalue weighted by atomic mass is 32.1. The quantitative estimate of drug-likeness (QED) is 0.390. The van der Waals surface area contributed by atoms with E-state index in [0.29, 0.717) is 16.4 Å². The first kappa shape index (κ1) is 23.3. The number of hydrogen-bond acceptors (Lipinski definition) is 8. The Morgan fingerprint density at radius 2 is 1.88 bits per heavy atom. The van der Waals surface area contributed by atoms with E-state index in [1.54, 1.807) is 35.7 Å². The molecule has 2 aromatic rings. The molecule has 1 aromatic heterocycles. The van der Waals surface area contributed by atoms with Gasteiger partial charge < -0.3 is 24.8 Å². The molecule has 0 fully saturated rings. The van der Waals surface area contributed by atoms with E-state index in [2.05, 4.69) is 10.6 Å². The first-order valence-corrected chi connectivity index (χ1v) is 11.0. The van der Waals surface area contributed by atoms with Gasteiger partial charge in [0.25, 0.3) is 5.91 Å². The van der Waals surface area contributed by atoms with Crippen LogP contribution in [0.3, 0.4) is 0 Å². The van der Waals surface area contributed by atoms with Crippen LogP contribution in [-0.4, -0.2) is 43.0 Å². The van der Waals surface area contributed by atoms with Crippen LogP contribution in [0.1, 0.15) is 41.4 Å². The van der Waals surface area contributed by atoms with Gasteiger partial charge in [-0.15, -0.1) is 11.3 Å². The number of carbonyl (C=O) groups excluding carboxylic acids is 4. The third-order valence-electron chi connectivity index (χ3n) is 4.61. The van der Waals surface area contributed by atoms with E-state index in [1.807, 2.05) is 0 Å². The summed E-state index contributed by atoms with van der Waals surface area (Å²) in [5.41, 5.74) is 0.821. The average molecular weight is 461 g/mol. The Bertz CT molecular complexity index is 975. The van der Waals surface area contributed by atoms with E-state index in [0.717, 1.165) is 5.56 Å². The number of amides is 2. The molecule has 1 aromatic carbocycles. The summed E-state index contributed by atoms with van der Waals surface area (Å²) in [6, 6.07) is 8.84. The van der Waals surface area contributed by atoms with E-state index < -0.39 is 18.0 Å². The van der Waals surface area contributed by atoms with Crippen LogP contribution < -0.4 is 20.1 Å². The van der Waals surface area contributed by atoms with Gasteiger partial charge >= 0.3 is 5.97 Å². The van der Waals surface area contributed by atoms with Crippen molar-refractivity contribution < 1.29 is 33.4 Å². The van der Waals surface area contributed by atoms with Crippen molar-refractivity contribution in [1.82, 2.24) is 10.6 Å². The topological polar surface area (TPSA) is 120 Å². The molecule has 0 saturated carbocycles. The Morgan fingerprint density at radius 3 is 2.66 bits per heavy atom. The highest BCUT2D eigenvalue weighted by molar-refractivity contribution is 7.12. The van der Waals surface area contributed by atoms with E-state index in [9.17, 15) is 19.2 Å². The molecule has 1 aliphatic heterocycles. The van der Waals surface area contributed by atoms with E-state index in [-0.39, 0.29) is 50.8 Å². The molecule has 0 unspecified atom stereocenters. The average Bonchev–Trinajstić information content (AvgIpc) is 3.47. The maximum atomic E-state index is 12.2. The number of fused-ring (bicyclic) bond motifs is 1. The van der Waals surface area contributed by atoms with Gasteiger partial charge in [0.1, 0.15) is 0 Å². The Morgan fingerprint density at radius 1 is 1.06 bits per heavy atom. The van der Waals surface area contributed by atoms with E-state index in [4.69, 9.17) is 14.2 Å². The Kier molecular flexibility index (Phi) is 8.20. The number of rotatable bonds is 11. The lowest BCUT2D eigenvalue weighted by Gasteiger charge is -2.14. The number of nitrogens with one attached hydrogen (secondary N) is 2. The van der Waals surface area contributed by atoms with Crippen LogP contribution in [0.2, 0.25) is 0 Å². The molecule has 2 N–H and O–H groups in total. The summed E-state index contributed by atoms with van der Waals surface area (Å²) in [6.07, 6.45) is -0.901. The maximum Gasteiger partial charge on any atom is 0.308 e. The zero-order chi connectivity index (χ0) is 22.9. The molecular weight excluding hydrogens is 436 g/mol. The minimum atomic E-state index is -0.976. The predicted octanol–water partition coefficient (Wildman–Crippen LogP) is 2.19. The van der Waals surface area contributed by atoms with Crippen LogP contribution in [0.25, 0.3) is 0 Å². The molecule has 1 atom stereocenters. The van der Waals surface area contributed by atoms with Crippen LogP contribution in [0.4, 0.5) is 0 Å². The number of ether oxygens (including phenoxy) is 3. The third kappa shape index (κ3) is 6.81. The van der Waals surface area contributed by atoms with Gasteiger partial charge in [-0.25, -0.2) is 0 Å². The van der Waals surface area contributed by atoms with Gasteiger partial charge in [-0.05, 0) is 36.1 Å². The summed E-state index contributed by atoms with van der Waals surface area (Å²) in [5.74, 6) is -0.178. The number of benzene rings is 1. The zero-order valence-electron chi connectivity index (χ0n) is 17.6. The smallest absolute Gasteiger partial charge is 0.308 e. The lowest BCUT2D eigenvalue weighted by atomic mass is 10.2. The maximum absolute atomic E-state index is 12.2. The molecular formula is C22H24N2O7S. The minimum absolute atomic E-state index is 0.0461. The number of carbonyl (C=O) groups is 4. The summed E-state index contributed by atoms with van der Waals surface area (Å²) in [5, 5.41) is 7.07. The SMILES string of the molecule is C[C@@H](OC(=O)CCNC(=O)CCC(=O)c1cccs1)C(=O)NCc1ccc2c(c1)OCO2. The second-order valence-electron chi connectivity index (χ2n) is 7.04. The van der Waals surface area contributed by atoms with Crippen molar-refractivity contribution >= 4 is 34.9 Å². The molecule has 0 bridgehead atoms. The fraction of sp³-hybridized carbons (Fsp3) is 0.364. The number of hydrogen-bond donors (Lipinski definition) is 2. The summed E-state index contributed by atoms with van der Waals surface area (Å²) in [4.78, 5) is 48.4. The van der Waals surface area contributed by atoms with Crippen LogP contribution in [0, 0.1) is 0 Å². The Hall–Kier alpha value is -3.40. The molecule has 170 valence electrons. The lowest BCUT2D eigenvalue weighted by Crippen LogP contribution is -2.36. The molecule has 32 heavy (non-hydrogen) atoms. The fourth-order valence-corrected chi connectivity index (χ4v) is 3.57. The summed E-state index contributed by atoms with van der Waals surface area (Å²) >= 11 is 1.33. The first-order chi connectivity index (χ1) is 15.4. The zero-order valence-corrected chi connectivity index (χ0v) is 18.4. The highest BCUT2D eigenvalue weighted by Gasteiger charge is 2.19. The van der Waals surface area contributed by atoms with Crippen LogP contribution in [-0.2, 0) is 25.7 Å². The molecule has 0 radical (unpaired) electrons. The second kappa shape index (κ2) is 11.3. The van der Waals surface area contributed by atoms with E-state index >= 15 is 0 Å². The van der Waals surface area contributed by atoms with Gasteiger partial charge in [0.2, 0.25) is 12.7 Å². The Labute approximate surface area is 189 Å². The van der Waals surface area contributed by atoms with E-state index in [1.165, 1.54) is 18.3 Å². The van der Waals surface area contributed by atoms with Crippen molar-refractivity contribution in [2.24, 2.45) is 0 Å². The van der Waals surface area contributed by atoms with Gasteiger partial charge in [-0.1, -0.05) is 12.1 Å². The molecule has 0 saturated heterocycles. The largest absolute Gasteiger partial charge is 0.454 e. The molecule has 3 rings (SSSR count). The van der Waals surface area contributed by atoms with Crippen molar-refractivity contribution in [3.8, 4) is 11.5 Å². The summed E-state index contributed by atoms with van der Waals surface area (Å²) < 4.78 is 15.6. The van der Waals surface area contributed by atoms with Crippen molar-refractivity contribution in [1.29, 1.82) is 0 Å². The standard InChI is InChI=1S/C22H24N2O7S/c1-14(22(28)24-12-15-4-6-17-18(11-15)30-13-29-17)31-21(27)8-9-23-20(26)7-5-16(25)19-3-2-10-32-19/h2-4,6,10-11,14H,5,7-9,12-13H2,1H3,(H,23,26)(H,24,28)/t14-/m1/s1. The number of ketones is 1. The summed E-state index contributed by atoms with van der Waals surface area (Å²) in [7, 11) is 0. The molecule has 0 spiro atoms. The molecule has 10 heteroatoms. The van der Waals surface area contributed by atoms with Crippen LogP contribution in [0.15, 0.2) is 35.7 Å². The van der Waals surface area contributed by atoms with Gasteiger partial charge in [0.05, 0.1) is 11.3 Å². The predicted molar refractivity (Wildman–Crippen MR) is 115 cm³/mol. The number of Topliss-reactive ketones (excluding diaryl/α,β-unsaturated/α-hetero) is 1. The molecule has 0 aliphatic carbocycles. The first-order valence-electron chi connectivity index (χ1n) is 10.1. The highest BCUT2D eigenvalue weighted by Crippen LogP contribution is 2.32.